The first-order valence-corrected chi connectivity index (χ1v) is 7.39. The molecule has 1 unspecified atom stereocenters. The quantitative estimate of drug-likeness (QED) is 0.619. The van der Waals surface area contributed by atoms with Crippen molar-refractivity contribution in [2.24, 2.45) is 0 Å². The maximum atomic E-state index is 11.3. The van der Waals surface area contributed by atoms with Crippen LogP contribution in [0.1, 0.15) is 5.56 Å². The number of benzene rings is 1. The molecule has 2 rings (SSSR count). The minimum atomic E-state index is -0.894. The third kappa shape index (κ3) is 4.40. The number of carboxylic acid groups (broad SMARTS) is 1. The van der Waals surface area contributed by atoms with Crippen LogP contribution < -0.4 is 4.90 Å². The lowest BCUT2D eigenvalue weighted by molar-refractivity contribution is -0.384. The highest BCUT2D eigenvalue weighted by Gasteiger charge is 2.27. The number of nitro groups is 1. The molecule has 0 spiro atoms. The summed E-state index contributed by atoms with van der Waals surface area (Å²) >= 11 is 0. The number of carbonyl (C=O) groups is 1. The van der Waals surface area contributed by atoms with E-state index in [4.69, 9.17) is 9.84 Å². The zero-order chi connectivity index (χ0) is 17.0. The molecule has 1 N–H and O–H groups in total. The smallest absolute Gasteiger partial charge is 0.317 e. The van der Waals surface area contributed by atoms with Crippen molar-refractivity contribution in [3.8, 4) is 0 Å². The van der Waals surface area contributed by atoms with Crippen molar-refractivity contribution >= 4 is 17.3 Å². The number of para-hydroxylation sites is 1. The van der Waals surface area contributed by atoms with Crippen molar-refractivity contribution in [2.75, 3.05) is 44.7 Å². The molecule has 0 saturated carbocycles. The van der Waals surface area contributed by atoms with Crippen molar-refractivity contribution in [1.82, 2.24) is 4.90 Å². The van der Waals surface area contributed by atoms with Crippen LogP contribution in [0.25, 0.3) is 0 Å². The molecule has 0 radical (unpaired) electrons. The van der Waals surface area contributed by atoms with Gasteiger partial charge in [-0.25, -0.2) is 0 Å². The van der Waals surface area contributed by atoms with Crippen LogP contribution in [0.5, 0.6) is 0 Å². The number of ether oxygens (including phenoxy) is 1. The molecule has 0 aliphatic carbocycles. The summed E-state index contributed by atoms with van der Waals surface area (Å²) < 4.78 is 5.67. The first kappa shape index (κ1) is 17.2. The highest BCUT2D eigenvalue weighted by Crippen LogP contribution is 2.32. The lowest BCUT2D eigenvalue weighted by Gasteiger charge is -2.35. The standard InChI is InChI=1S/C15H21N3O5/c1-11-4-3-5-13(15(11)18(21)22)17-6-7-23-12(9-17)8-16(2)10-14(19)20/h3-5,12H,6-10H2,1-2H3,(H,19,20). The number of likely N-dealkylation sites (N-methyl/N-ethyl adjacent to an activating group) is 1. The highest BCUT2D eigenvalue weighted by molar-refractivity contribution is 5.69. The number of rotatable bonds is 6. The molecule has 1 aliphatic heterocycles. The Bertz CT molecular complexity index is 592. The van der Waals surface area contributed by atoms with Crippen LogP contribution >= 0.6 is 0 Å². The lowest BCUT2D eigenvalue weighted by atomic mass is 10.1. The minimum absolute atomic E-state index is 0.0650. The van der Waals surface area contributed by atoms with Gasteiger partial charge in [-0.05, 0) is 20.0 Å². The summed E-state index contributed by atoms with van der Waals surface area (Å²) in [5, 5.41) is 20.1. The molecule has 1 aromatic rings. The Morgan fingerprint density at radius 3 is 2.96 bits per heavy atom. The fraction of sp³-hybridized carbons (Fsp3) is 0.533. The fourth-order valence-electron chi connectivity index (χ4n) is 2.83. The molecule has 0 amide bonds. The molecular formula is C15H21N3O5. The van der Waals surface area contributed by atoms with Gasteiger partial charge in [0.1, 0.15) is 5.69 Å². The molecule has 8 nitrogen and oxygen atoms in total. The number of carboxylic acids is 1. The Balaban J connectivity index is 2.11. The maximum absolute atomic E-state index is 11.3. The Labute approximate surface area is 134 Å². The molecule has 1 aromatic carbocycles. The van der Waals surface area contributed by atoms with Crippen LogP contribution in [-0.4, -0.2) is 66.8 Å². The van der Waals surface area contributed by atoms with Crippen molar-refractivity contribution in [3.63, 3.8) is 0 Å². The maximum Gasteiger partial charge on any atom is 0.317 e. The average molecular weight is 323 g/mol. The van der Waals surface area contributed by atoms with Crippen molar-refractivity contribution < 1.29 is 19.6 Å². The third-order valence-corrected chi connectivity index (χ3v) is 3.80. The summed E-state index contributed by atoms with van der Waals surface area (Å²) in [6.07, 6.45) is -0.187. The fourth-order valence-corrected chi connectivity index (χ4v) is 2.83. The van der Waals surface area contributed by atoms with Gasteiger partial charge in [-0.2, -0.15) is 0 Å². The molecular weight excluding hydrogens is 302 g/mol. The Morgan fingerprint density at radius 1 is 1.57 bits per heavy atom. The van der Waals surface area contributed by atoms with Crippen LogP contribution in [0.2, 0.25) is 0 Å². The number of nitro benzene ring substituents is 1. The van der Waals surface area contributed by atoms with Gasteiger partial charge in [0.25, 0.3) is 5.69 Å². The number of anilines is 1. The van der Waals surface area contributed by atoms with Crippen LogP contribution in [0.3, 0.4) is 0 Å². The molecule has 23 heavy (non-hydrogen) atoms. The lowest BCUT2D eigenvalue weighted by Crippen LogP contribution is -2.47. The van der Waals surface area contributed by atoms with E-state index in [0.717, 1.165) is 0 Å². The van der Waals surface area contributed by atoms with Gasteiger partial charge in [-0.3, -0.25) is 19.8 Å². The first-order valence-electron chi connectivity index (χ1n) is 7.39. The molecule has 1 heterocycles. The Hall–Kier alpha value is -2.19. The van der Waals surface area contributed by atoms with Crippen molar-refractivity contribution in [1.29, 1.82) is 0 Å². The second-order valence-corrected chi connectivity index (χ2v) is 5.73. The number of aliphatic carboxylic acids is 1. The zero-order valence-electron chi connectivity index (χ0n) is 13.3. The van der Waals surface area contributed by atoms with Gasteiger partial charge in [-0.15, -0.1) is 0 Å². The predicted octanol–water partition coefficient (Wildman–Crippen LogP) is 1.12. The topological polar surface area (TPSA) is 96.2 Å². The summed E-state index contributed by atoms with van der Waals surface area (Å²) in [5.41, 5.74) is 1.33. The second kappa shape index (κ2) is 7.38. The predicted molar refractivity (Wildman–Crippen MR) is 84.9 cm³/mol. The monoisotopic (exact) mass is 323 g/mol. The van der Waals surface area contributed by atoms with Crippen LogP contribution in [-0.2, 0) is 9.53 Å². The molecule has 0 bridgehead atoms. The van der Waals surface area contributed by atoms with E-state index in [9.17, 15) is 14.9 Å². The number of nitrogens with zero attached hydrogens (tertiary/aromatic N) is 3. The van der Waals surface area contributed by atoms with E-state index < -0.39 is 5.97 Å². The molecule has 1 aliphatic rings. The van der Waals surface area contributed by atoms with Crippen LogP contribution in [0, 0.1) is 17.0 Å². The van der Waals surface area contributed by atoms with E-state index in [2.05, 4.69) is 0 Å². The summed E-state index contributed by atoms with van der Waals surface area (Å²) in [6, 6.07) is 5.27. The van der Waals surface area contributed by atoms with Gasteiger partial charge in [0.15, 0.2) is 0 Å². The summed E-state index contributed by atoms with van der Waals surface area (Å²) in [7, 11) is 1.71. The van der Waals surface area contributed by atoms with Crippen LogP contribution in [0.15, 0.2) is 18.2 Å². The normalized spacial score (nSPS) is 18.2. The van der Waals surface area contributed by atoms with E-state index >= 15 is 0 Å². The van der Waals surface area contributed by atoms with Crippen molar-refractivity contribution in [2.45, 2.75) is 13.0 Å². The second-order valence-electron chi connectivity index (χ2n) is 5.73. The molecule has 1 saturated heterocycles. The van der Waals surface area contributed by atoms with E-state index in [1.54, 1.807) is 37.1 Å². The van der Waals surface area contributed by atoms with E-state index in [-0.39, 0.29) is 23.3 Å². The van der Waals surface area contributed by atoms with Gasteiger partial charge in [0.2, 0.25) is 0 Å². The molecule has 8 heteroatoms. The molecule has 1 atom stereocenters. The molecule has 0 aromatic heterocycles. The van der Waals surface area contributed by atoms with Gasteiger partial charge in [-0.1, -0.05) is 12.1 Å². The average Bonchev–Trinajstić information content (AvgIpc) is 2.45. The Kier molecular flexibility index (Phi) is 5.51. The zero-order valence-corrected chi connectivity index (χ0v) is 13.3. The van der Waals surface area contributed by atoms with E-state index in [1.165, 1.54) is 0 Å². The van der Waals surface area contributed by atoms with Gasteiger partial charge >= 0.3 is 5.97 Å². The minimum Gasteiger partial charge on any atom is -0.480 e. The van der Waals surface area contributed by atoms with Crippen LogP contribution in [0.4, 0.5) is 11.4 Å². The van der Waals surface area contributed by atoms with Crippen molar-refractivity contribution in [3.05, 3.63) is 33.9 Å². The van der Waals surface area contributed by atoms with Gasteiger partial charge < -0.3 is 14.7 Å². The Morgan fingerprint density at radius 2 is 2.30 bits per heavy atom. The highest BCUT2D eigenvalue weighted by atomic mass is 16.6. The molecule has 1 fully saturated rings. The largest absolute Gasteiger partial charge is 0.480 e. The van der Waals surface area contributed by atoms with Gasteiger partial charge in [0, 0.05) is 25.2 Å². The number of morpholine rings is 1. The number of aryl methyl sites for hydroxylation is 1. The van der Waals surface area contributed by atoms with E-state index in [1.807, 2.05) is 4.90 Å². The summed E-state index contributed by atoms with van der Waals surface area (Å²) in [4.78, 5) is 25.3. The van der Waals surface area contributed by atoms with E-state index in [0.29, 0.717) is 37.5 Å². The summed E-state index contributed by atoms with van der Waals surface area (Å²) in [6.45, 7) is 3.64. The van der Waals surface area contributed by atoms with Gasteiger partial charge in [0.05, 0.1) is 24.2 Å². The number of hydrogen-bond donors (Lipinski definition) is 1. The summed E-state index contributed by atoms with van der Waals surface area (Å²) in [5.74, 6) is -0.894. The first-order chi connectivity index (χ1) is 10.9. The third-order valence-electron chi connectivity index (χ3n) is 3.80. The SMILES string of the molecule is Cc1cccc(N2CCOC(CN(C)CC(=O)O)C2)c1[N+](=O)[O-]. The number of hydrogen-bond acceptors (Lipinski definition) is 6. The molecule has 126 valence electrons.